The standard InChI is InChI=1S/C25H33FO3/c1-4-6-8-9-20-11-13-21(14-12-20)22-15-16-24(23(26)17-22)28-18-19(3)29-25(27)10-7-5-2/h11-17,19H,4-10,18H2,1-3H3. The molecule has 1 atom stereocenters. The maximum absolute atomic E-state index is 14.5. The number of ether oxygens (including phenoxy) is 2. The van der Waals surface area contributed by atoms with Crippen LogP contribution in [0.1, 0.15) is 64.9 Å². The highest BCUT2D eigenvalue weighted by atomic mass is 19.1. The highest BCUT2D eigenvalue weighted by Crippen LogP contribution is 2.26. The highest BCUT2D eigenvalue weighted by molar-refractivity contribution is 5.69. The van der Waals surface area contributed by atoms with Gasteiger partial charge < -0.3 is 9.47 Å². The fraction of sp³-hybridized carbons (Fsp3) is 0.480. The van der Waals surface area contributed by atoms with Crippen molar-refractivity contribution >= 4 is 5.97 Å². The van der Waals surface area contributed by atoms with Crippen LogP contribution in [0, 0.1) is 5.82 Å². The molecule has 4 heteroatoms. The molecule has 2 aromatic rings. The minimum absolute atomic E-state index is 0.126. The van der Waals surface area contributed by atoms with E-state index in [2.05, 4.69) is 19.1 Å². The molecule has 0 aliphatic carbocycles. The Labute approximate surface area is 174 Å². The molecular weight excluding hydrogens is 367 g/mol. The van der Waals surface area contributed by atoms with Gasteiger partial charge in [-0.1, -0.05) is 63.4 Å². The van der Waals surface area contributed by atoms with Gasteiger partial charge in [-0.05, 0) is 55.0 Å². The maximum atomic E-state index is 14.5. The van der Waals surface area contributed by atoms with Gasteiger partial charge in [0.15, 0.2) is 11.6 Å². The molecular formula is C25H33FO3. The Kier molecular flexibility index (Phi) is 9.69. The summed E-state index contributed by atoms with van der Waals surface area (Å²) in [6, 6.07) is 13.3. The van der Waals surface area contributed by atoms with E-state index in [9.17, 15) is 9.18 Å². The minimum Gasteiger partial charge on any atom is -0.487 e. The summed E-state index contributed by atoms with van der Waals surface area (Å²) >= 11 is 0. The van der Waals surface area contributed by atoms with Crippen molar-refractivity contribution in [3.8, 4) is 16.9 Å². The lowest BCUT2D eigenvalue weighted by molar-refractivity contribution is -0.149. The van der Waals surface area contributed by atoms with Crippen LogP contribution in [0.15, 0.2) is 42.5 Å². The van der Waals surface area contributed by atoms with Crippen LogP contribution in [-0.4, -0.2) is 18.7 Å². The van der Waals surface area contributed by atoms with E-state index in [0.717, 1.165) is 30.4 Å². The Morgan fingerprint density at radius 3 is 2.31 bits per heavy atom. The molecule has 0 N–H and O–H groups in total. The number of hydrogen-bond acceptors (Lipinski definition) is 3. The number of carbonyl (C=O) groups is 1. The van der Waals surface area contributed by atoms with Gasteiger partial charge in [-0.3, -0.25) is 4.79 Å². The van der Waals surface area contributed by atoms with Gasteiger partial charge in [-0.25, -0.2) is 4.39 Å². The van der Waals surface area contributed by atoms with E-state index in [1.165, 1.54) is 30.9 Å². The van der Waals surface area contributed by atoms with E-state index in [4.69, 9.17) is 9.47 Å². The Bertz CT molecular complexity index is 755. The maximum Gasteiger partial charge on any atom is 0.306 e. The molecule has 0 heterocycles. The Balaban J connectivity index is 1.90. The summed E-state index contributed by atoms with van der Waals surface area (Å²) in [5, 5.41) is 0. The number of aryl methyl sites for hydroxylation is 1. The second-order valence-electron chi connectivity index (χ2n) is 7.51. The van der Waals surface area contributed by atoms with Gasteiger partial charge in [0, 0.05) is 6.42 Å². The normalized spacial score (nSPS) is 11.9. The van der Waals surface area contributed by atoms with Crippen molar-refractivity contribution in [2.24, 2.45) is 0 Å². The summed E-state index contributed by atoms with van der Waals surface area (Å²) in [6.07, 6.45) is 6.47. The summed E-state index contributed by atoms with van der Waals surface area (Å²) in [5.41, 5.74) is 3.10. The minimum atomic E-state index is -0.418. The van der Waals surface area contributed by atoms with Crippen molar-refractivity contribution in [3.05, 3.63) is 53.8 Å². The average molecular weight is 401 g/mol. The van der Waals surface area contributed by atoms with Crippen LogP contribution in [0.3, 0.4) is 0 Å². The van der Waals surface area contributed by atoms with Crippen molar-refractivity contribution < 1.29 is 18.7 Å². The summed E-state index contributed by atoms with van der Waals surface area (Å²) in [6.45, 7) is 6.10. The summed E-state index contributed by atoms with van der Waals surface area (Å²) in [5.74, 6) is -0.489. The zero-order valence-corrected chi connectivity index (χ0v) is 17.9. The first-order valence-electron chi connectivity index (χ1n) is 10.7. The van der Waals surface area contributed by atoms with Gasteiger partial charge in [0.05, 0.1) is 0 Å². The molecule has 0 aliphatic rings. The predicted molar refractivity (Wildman–Crippen MR) is 116 cm³/mol. The third-order valence-electron chi connectivity index (χ3n) is 4.83. The van der Waals surface area contributed by atoms with Crippen LogP contribution in [0.4, 0.5) is 4.39 Å². The van der Waals surface area contributed by atoms with E-state index in [-0.39, 0.29) is 18.3 Å². The molecule has 29 heavy (non-hydrogen) atoms. The lowest BCUT2D eigenvalue weighted by Gasteiger charge is -2.15. The molecule has 0 aromatic heterocycles. The number of halogens is 1. The Morgan fingerprint density at radius 1 is 0.966 bits per heavy atom. The summed E-state index contributed by atoms with van der Waals surface area (Å²) < 4.78 is 25.3. The second-order valence-corrected chi connectivity index (χ2v) is 7.51. The number of esters is 1. The number of hydrogen-bond donors (Lipinski definition) is 0. The quantitative estimate of drug-likeness (QED) is 0.293. The van der Waals surface area contributed by atoms with Gasteiger partial charge in [0.25, 0.3) is 0 Å². The van der Waals surface area contributed by atoms with Crippen LogP contribution in [0.5, 0.6) is 5.75 Å². The van der Waals surface area contributed by atoms with Crippen molar-refractivity contribution in [3.63, 3.8) is 0 Å². The van der Waals surface area contributed by atoms with Crippen molar-refractivity contribution in [2.75, 3.05) is 6.61 Å². The molecule has 0 aliphatic heterocycles. The Morgan fingerprint density at radius 2 is 1.66 bits per heavy atom. The van der Waals surface area contributed by atoms with E-state index < -0.39 is 11.9 Å². The van der Waals surface area contributed by atoms with Crippen LogP contribution >= 0.6 is 0 Å². The number of carbonyl (C=O) groups excluding carboxylic acids is 1. The topological polar surface area (TPSA) is 35.5 Å². The summed E-state index contributed by atoms with van der Waals surface area (Å²) in [7, 11) is 0. The van der Waals surface area contributed by atoms with Crippen molar-refractivity contribution in [1.82, 2.24) is 0 Å². The van der Waals surface area contributed by atoms with Crippen molar-refractivity contribution in [2.45, 2.75) is 71.8 Å². The molecule has 2 rings (SSSR count). The van der Waals surface area contributed by atoms with Crippen LogP contribution in [-0.2, 0) is 16.0 Å². The second kappa shape index (κ2) is 12.3. The largest absolute Gasteiger partial charge is 0.487 e. The molecule has 0 amide bonds. The molecule has 0 saturated carbocycles. The smallest absolute Gasteiger partial charge is 0.306 e. The van der Waals surface area contributed by atoms with Gasteiger partial charge >= 0.3 is 5.97 Å². The number of rotatable bonds is 12. The molecule has 0 saturated heterocycles. The molecule has 2 aromatic carbocycles. The first-order chi connectivity index (χ1) is 14.0. The SMILES string of the molecule is CCCCCc1ccc(-c2ccc(OCC(C)OC(=O)CCCC)c(F)c2)cc1. The predicted octanol–water partition coefficient (Wildman–Crippen LogP) is 6.73. The molecule has 0 radical (unpaired) electrons. The average Bonchev–Trinajstić information content (AvgIpc) is 2.72. The highest BCUT2D eigenvalue weighted by Gasteiger charge is 2.12. The van der Waals surface area contributed by atoms with E-state index in [1.54, 1.807) is 13.0 Å². The lowest BCUT2D eigenvalue weighted by atomic mass is 10.0. The van der Waals surface area contributed by atoms with Gasteiger partial charge in [0.2, 0.25) is 0 Å². The van der Waals surface area contributed by atoms with E-state index >= 15 is 0 Å². The summed E-state index contributed by atoms with van der Waals surface area (Å²) in [4.78, 5) is 11.6. The number of unbranched alkanes of at least 4 members (excludes halogenated alkanes) is 3. The molecule has 0 fully saturated rings. The lowest BCUT2D eigenvalue weighted by Crippen LogP contribution is -2.22. The first kappa shape index (κ1) is 22.9. The first-order valence-corrected chi connectivity index (χ1v) is 10.7. The third-order valence-corrected chi connectivity index (χ3v) is 4.83. The zero-order chi connectivity index (χ0) is 21.1. The van der Waals surface area contributed by atoms with Crippen LogP contribution < -0.4 is 4.74 Å². The molecule has 0 bridgehead atoms. The fourth-order valence-corrected chi connectivity index (χ4v) is 3.09. The molecule has 3 nitrogen and oxygen atoms in total. The monoisotopic (exact) mass is 400 g/mol. The van der Waals surface area contributed by atoms with E-state index in [1.807, 2.05) is 25.1 Å². The third kappa shape index (κ3) is 7.88. The van der Waals surface area contributed by atoms with Crippen LogP contribution in [0.25, 0.3) is 11.1 Å². The number of benzene rings is 2. The van der Waals surface area contributed by atoms with Gasteiger partial charge in [-0.15, -0.1) is 0 Å². The molecule has 158 valence electrons. The molecule has 0 spiro atoms. The van der Waals surface area contributed by atoms with E-state index in [0.29, 0.717) is 6.42 Å². The Hall–Kier alpha value is -2.36. The van der Waals surface area contributed by atoms with Crippen LogP contribution in [0.2, 0.25) is 0 Å². The zero-order valence-electron chi connectivity index (χ0n) is 17.9. The van der Waals surface area contributed by atoms with Crippen molar-refractivity contribution in [1.29, 1.82) is 0 Å². The van der Waals surface area contributed by atoms with Gasteiger partial charge in [0.1, 0.15) is 12.7 Å². The fourth-order valence-electron chi connectivity index (χ4n) is 3.09. The van der Waals surface area contributed by atoms with Gasteiger partial charge in [-0.2, -0.15) is 0 Å². The molecule has 1 unspecified atom stereocenters.